The molecule has 154 valence electrons. The van der Waals surface area contributed by atoms with E-state index in [2.05, 4.69) is 36.0 Å². The Labute approximate surface area is 172 Å². The van der Waals surface area contributed by atoms with Crippen molar-refractivity contribution in [3.63, 3.8) is 0 Å². The molecule has 6 nitrogen and oxygen atoms in total. The van der Waals surface area contributed by atoms with E-state index < -0.39 is 0 Å². The Bertz CT molecular complexity index is 937. The van der Waals surface area contributed by atoms with Crippen molar-refractivity contribution in [1.82, 2.24) is 15.3 Å². The van der Waals surface area contributed by atoms with E-state index in [-0.39, 0.29) is 11.9 Å². The lowest BCUT2D eigenvalue weighted by molar-refractivity contribution is -0.121. The van der Waals surface area contributed by atoms with Gasteiger partial charge in [-0.3, -0.25) is 4.79 Å². The van der Waals surface area contributed by atoms with E-state index in [1.54, 1.807) is 6.26 Å². The number of amides is 1. The van der Waals surface area contributed by atoms with E-state index in [0.29, 0.717) is 30.5 Å². The van der Waals surface area contributed by atoms with Gasteiger partial charge in [0, 0.05) is 30.9 Å². The first-order valence-electron chi connectivity index (χ1n) is 10.3. The first-order valence-corrected chi connectivity index (χ1v) is 10.3. The molecule has 6 heteroatoms. The summed E-state index contributed by atoms with van der Waals surface area (Å²) in [6.07, 6.45) is 2.97. The maximum Gasteiger partial charge on any atom is 0.221 e. The number of carbonyl (C=O) groups is 1. The second-order valence-corrected chi connectivity index (χ2v) is 7.83. The Hall–Kier alpha value is -2.89. The fourth-order valence-electron chi connectivity index (χ4n) is 3.23. The van der Waals surface area contributed by atoms with Crippen LogP contribution in [0.4, 0.5) is 5.82 Å². The highest BCUT2D eigenvalue weighted by Crippen LogP contribution is 2.28. The lowest BCUT2D eigenvalue weighted by atomic mass is 10.1. The van der Waals surface area contributed by atoms with Gasteiger partial charge in [0.15, 0.2) is 11.6 Å². The summed E-state index contributed by atoms with van der Waals surface area (Å²) in [4.78, 5) is 24.1. The summed E-state index contributed by atoms with van der Waals surface area (Å²) in [6, 6.07) is 11.9. The number of nitrogens with one attached hydrogen (secondary N) is 1. The van der Waals surface area contributed by atoms with Crippen LogP contribution in [-0.4, -0.2) is 35.0 Å². The highest BCUT2D eigenvalue weighted by molar-refractivity contribution is 5.91. The summed E-state index contributed by atoms with van der Waals surface area (Å²) in [6.45, 7) is 9.83. The molecule has 0 bridgehead atoms. The summed E-state index contributed by atoms with van der Waals surface area (Å²) in [7, 11) is 0. The molecule has 1 amide bonds. The average molecular weight is 395 g/mol. The minimum Gasteiger partial charge on any atom is -0.461 e. The molecule has 3 rings (SSSR count). The van der Waals surface area contributed by atoms with Gasteiger partial charge in [0.2, 0.25) is 5.91 Å². The summed E-state index contributed by atoms with van der Waals surface area (Å²) in [5.41, 5.74) is 0.863. The van der Waals surface area contributed by atoms with Gasteiger partial charge in [-0.2, -0.15) is 0 Å². The van der Waals surface area contributed by atoms with E-state index in [0.717, 1.165) is 29.7 Å². The van der Waals surface area contributed by atoms with Crippen LogP contribution in [0.3, 0.4) is 0 Å². The zero-order valence-electron chi connectivity index (χ0n) is 17.7. The molecular weight excluding hydrogens is 364 g/mol. The Morgan fingerprint density at radius 2 is 1.93 bits per heavy atom. The van der Waals surface area contributed by atoms with E-state index in [9.17, 15) is 4.79 Å². The average Bonchev–Trinajstić information content (AvgIpc) is 3.25. The van der Waals surface area contributed by atoms with Crippen LogP contribution in [0.1, 0.15) is 40.5 Å². The number of anilines is 1. The van der Waals surface area contributed by atoms with Gasteiger partial charge in [-0.15, -0.1) is 0 Å². The molecule has 1 aromatic carbocycles. The van der Waals surface area contributed by atoms with Gasteiger partial charge in [0.25, 0.3) is 0 Å². The quantitative estimate of drug-likeness (QED) is 0.572. The molecule has 1 N–H and O–H groups in total. The Kier molecular flexibility index (Phi) is 6.86. The summed E-state index contributed by atoms with van der Waals surface area (Å²) in [5, 5.41) is 4.02. The fraction of sp³-hybridized carbons (Fsp3) is 0.435. The van der Waals surface area contributed by atoms with Crippen molar-refractivity contribution in [3.05, 3.63) is 42.7 Å². The molecule has 3 aromatic rings. The van der Waals surface area contributed by atoms with Crippen molar-refractivity contribution < 1.29 is 9.21 Å². The van der Waals surface area contributed by atoms with Crippen LogP contribution >= 0.6 is 0 Å². The number of rotatable bonds is 9. The van der Waals surface area contributed by atoms with Gasteiger partial charge in [-0.1, -0.05) is 32.9 Å². The number of hydrogen-bond acceptors (Lipinski definition) is 5. The molecular formula is C23H30N4O2. The third-order valence-electron chi connectivity index (χ3n) is 4.84. The molecule has 0 aliphatic heterocycles. The maximum atomic E-state index is 12.4. The molecule has 0 aliphatic carbocycles. The summed E-state index contributed by atoms with van der Waals surface area (Å²) >= 11 is 0. The molecule has 0 fully saturated rings. The standard InChI is InChI=1S/C23H30N4O2/c1-5-17(4)24-21(28)12-13-27(15-16(2)3)23-18-9-6-7-10-19(18)25-22(26-23)20-11-8-14-29-20/h6-11,14,16-17H,5,12-13,15H2,1-4H3,(H,24,28). The Balaban J connectivity index is 1.95. The van der Waals surface area contributed by atoms with Gasteiger partial charge in [-0.25, -0.2) is 9.97 Å². The van der Waals surface area contributed by atoms with Crippen LogP contribution in [-0.2, 0) is 4.79 Å². The molecule has 0 radical (unpaired) electrons. The van der Waals surface area contributed by atoms with Crippen molar-refractivity contribution in [1.29, 1.82) is 0 Å². The lowest BCUT2D eigenvalue weighted by Gasteiger charge is -2.27. The molecule has 1 unspecified atom stereocenters. The van der Waals surface area contributed by atoms with Crippen LogP contribution in [0, 0.1) is 5.92 Å². The molecule has 1 atom stereocenters. The van der Waals surface area contributed by atoms with Gasteiger partial charge in [-0.05, 0) is 43.5 Å². The van der Waals surface area contributed by atoms with Crippen LogP contribution in [0.15, 0.2) is 47.1 Å². The van der Waals surface area contributed by atoms with Crippen LogP contribution in [0.2, 0.25) is 0 Å². The normalized spacial score (nSPS) is 12.3. The molecule has 0 saturated heterocycles. The number of furan rings is 1. The second kappa shape index (κ2) is 9.54. The molecule has 0 spiro atoms. The van der Waals surface area contributed by atoms with E-state index >= 15 is 0 Å². The highest BCUT2D eigenvalue weighted by atomic mass is 16.3. The first kappa shape index (κ1) is 20.8. The third-order valence-corrected chi connectivity index (χ3v) is 4.84. The number of benzene rings is 1. The molecule has 0 saturated carbocycles. The van der Waals surface area contributed by atoms with Crippen LogP contribution in [0.25, 0.3) is 22.5 Å². The van der Waals surface area contributed by atoms with E-state index in [4.69, 9.17) is 9.40 Å². The van der Waals surface area contributed by atoms with Gasteiger partial charge >= 0.3 is 0 Å². The predicted molar refractivity (Wildman–Crippen MR) is 117 cm³/mol. The van der Waals surface area contributed by atoms with E-state index in [1.165, 1.54) is 0 Å². The van der Waals surface area contributed by atoms with Crippen molar-refractivity contribution in [2.24, 2.45) is 5.92 Å². The van der Waals surface area contributed by atoms with Gasteiger partial charge in [0.05, 0.1) is 11.8 Å². The molecule has 29 heavy (non-hydrogen) atoms. The fourth-order valence-corrected chi connectivity index (χ4v) is 3.23. The van der Waals surface area contributed by atoms with Crippen molar-refractivity contribution in [2.75, 3.05) is 18.0 Å². The number of hydrogen-bond donors (Lipinski definition) is 1. The Morgan fingerprint density at radius 1 is 1.14 bits per heavy atom. The van der Waals surface area contributed by atoms with Crippen molar-refractivity contribution >= 4 is 22.6 Å². The lowest BCUT2D eigenvalue weighted by Crippen LogP contribution is -2.36. The van der Waals surface area contributed by atoms with Crippen molar-refractivity contribution in [3.8, 4) is 11.6 Å². The number of fused-ring (bicyclic) bond motifs is 1. The monoisotopic (exact) mass is 394 g/mol. The number of carbonyl (C=O) groups excluding carboxylic acids is 1. The van der Waals surface area contributed by atoms with Gasteiger partial charge < -0.3 is 14.6 Å². The topological polar surface area (TPSA) is 71.3 Å². The number of aromatic nitrogens is 2. The second-order valence-electron chi connectivity index (χ2n) is 7.83. The number of nitrogens with zero attached hydrogens (tertiary/aromatic N) is 3. The first-order chi connectivity index (χ1) is 14.0. The predicted octanol–water partition coefficient (Wildman–Crippen LogP) is 4.66. The molecule has 2 aromatic heterocycles. The third kappa shape index (κ3) is 5.34. The van der Waals surface area contributed by atoms with E-state index in [1.807, 2.05) is 43.3 Å². The SMILES string of the molecule is CCC(C)NC(=O)CCN(CC(C)C)c1nc(-c2ccco2)nc2ccccc12. The Morgan fingerprint density at radius 3 is 2.62 bits per heavy atom. The highest BCUT2D eigenvalue weighted by Gasteiger charge is 2.18. The smallest absolute Gasteiger partial charge is 0.221 e. The summed E-state index contributed by atoms with van der Waals surface area (Å²) in [5.74, 6) is 2.52. The zero-order valence-corrected chi connectivity index (χ0v) is 17.7. The zero-order chi connectivity index (χ0) is 20.8. The minimum atomic E-state index is 0.0673. The largest absolute Gasteiger partial charge is 0.461 e. The molecule has 0 aliphatic rings. The van der Waals surface area contributed by atoms with Crippen molar-refractivity contribution in [2.45, 2.75) is 46.6 Å². The molecule has 2 heterocycles. The maximum absolute atomic E-state index is 12.4. The number of para-hydroxylation sites is 1. The summed E-state index contributed by atoms with van der Waals surface area (Å²) < 4.78 is 5.53. The van der Waals surface area contributed by atoms with Crippen LogP contribution < -0.4 is 10.2 Å². The van der Waals surface area contributed by atoms with Gasteiger partial charge in [0.1, 0.15) is 5.82 Å². The van der Waals surface area contributed by atoms with Crippen LogP contribution in [0.5, 0.6) is 0 Å². The minimum absolute atomic E-state index is 0.0673.